The maximum atomic E-state index is 12.4. The molecule has 1 fully saturated rings. The summed E-state index contributed by atoms with van der Waals surface area (Å²) in [5.74, 6) is 3.02. The molecule has 0 unspecified atom stereocenters. The van der Waals surface area contributed by atoms with Crippen LogP contribution in [0.25, 0.3) is 0 Å². The lowest BCUT2D eigenvalue weighted by Crippen LogP contribution is -2.35. The van der Waals surface area contributed by atoms with E-state index < -0.39 is 0 Å². The minimum absolute atomic E-state index is 0.0134. The molecule has 1 aromatic heterocycles. The molecule has 4 rings (SSSR count). The summed E-state index contributed by atoms with van der Waals surface area (Å²) in [4.78, 5) is 26.7. The second-order valence-corrected chi connectivity index (χ2v) is 8.22. The molecule has 1 atom stereocenters. The molecule has 6 nitrogen and oxygen atoms in total. The van der Waals surface area contributed by atoms with Gasteiger partial charge in [0, 0.05) is 37.3 Å². The number of methoxy groups -OCH3 is 1. The van der Waals surface area contributed by atoms with Crippen molar-refractivity contribution in [2.45, 2.75) is 58.4 Å². The van der Waals surface area contributed by atoms with Gasteiger partial charge in [-0.25, -0.2) is 9.97 Å². The number of benzene rings is 1. The first-order chi connectivity index (χ1) is 14.6. The van der Waals surface area contributed by atoms with Gasteiger partial charge in [0.1, 0.15) is 11.6 Å². The van der Waals surface area contributed by atoms with Gasteiger partial charge in [-0.05, 0) is 50.7 Å². The average molecular weight is 409 g/mol. The molecule has 0 saturated carbocycles. The van der Waals surface area contributed by atoms with E-state index in [1.807, 2.05) is 24.0 Å². The van der Waals surface area contributed by atoms with Crippen LogP contribution in [-0.4, -0.2) is 47.5 Å². The number of ether oxygens (including phenoxy) is 1. The third kappa shape index (κ3) is 4.00. The Hall–Kier alpha value is -2.63. The first-order valence-corrected chi connectivity index (χ1v) is 11.2. The summed E-state index contributed by atoms with van der Waals surface area (Å²) in [6, 6.07) is 8.23. The average Bonchev–Trinajstić information content (AvgIpc) is 3.27. The summed E-state index contributed by atoms with van der Waals surface area (Å²) >= 11 is 0. The molecule has 0 radical (unpaired) electrons. The maximum Gasteiger partial charge on any atom is 0.222 e. The summed E-state index contributed by atoms with van der Waals surface area (Å²) in [5.41, 5.74) is 3.54. The Morgan fingerprint density at radius 3 is 2.83 bits per heavy atom. The quantitative estimate of drug-likeness (QED) is 0.726. The van der Waals surface area contributed by atoms with E-state index >= 15 is 0 Å². The lowest BCUT2D eigenvalue weighted by molar-refractivity contribution is -0.131. The minimum atomic E-state index is 0.0134. The standard InChI is InChI=1S/C24H32N4O2/c1-4-22(29)28-15-8-11-20(28)23-25-17(2)19-10-7-14-27(24(19)26-23)16-13-18-9-5-6-12-21(18)30-3/h5-6,9,12,20H,4,7-8,10-11,13-16H2,1-3H3/t20-/m0/s1. The van der Waals surface area contributed by atoms with E-state index in [0.717, 1.165) is 74.8 Å². The Morgan fingerprint density at radius 2 is 2.03 bits per heavy atom. The summed E-state index contributed by atoms with van der Waals surface area (Å²) in [5, 5.41) is 0. The van der Waals surface area contributed by atoms with Gasteiger partial charge in [0.15, 0.2) is 5.82 Å². The smallest absolute Gasteiger partial charge is 0.222 e. The SMILES string of the molecule is CCC(=O)N1CCC[C@H]1c1nc(C)c2c(n1)N(CCc1ccccc1OC)CCC2. The van der Waals surface area contributed by atoms with E-state index in [4.69, 9.17) is 14.7 Å². The maximum absolute atomic E-state index is 12.4. The first-order valence-electron chi connectivity index (χ1n) is 11.2. The van der Waals surface area contributed by atoms with Crippen LogP contribution in [0.5, 0.6) is 5.75 Å². The molecule has 1 amide bonds. The van der Waals surface area contributed by atoms with Crippen molar-refractivity contribution in [3.05, 3.63) is 46.9 Å². The van der Waals surface area contributed by atoms with Crippen molar-refractivity contribution in [2.24, 2.45) is 0 Å². The number of hydrogen-bond donors (Lipinski definition) is 0. The molecule has 3 heterocycles. The van der Waals surface area contributed by atoms with Gasteiger partial charge in [-0.2, -0.15) is 0 Å². The molecule has 6 heteroatoms. The van der Waals surface area contributed by atoms with E-state index in [1.54, 1.807) is 7.11 Å². The molecule has 0 spiro atoms. The molecule has 1 aromatic carbocycles. The number of para-hydroxylation sites is 1. The van der Waals surface area contributed by atoms with Crippen molar-refractivity contribution >= 4 is 11.7 Å². The van der Waals surface area contributed by atoms with Crippen LogP contribution in [0.1, 0.15) is 61.3 Å². The fourth-order valence-corrected chi connectivity index (χ4v) is 4.78. The predicted molar refractivity (Wildman–Crippen MR) is 118 cm³/mol. The van der Waals surface area contributed by atoms with Gasteiger partial charge in [0.2, 0.25) is 5.91 Å². The van der Waals surface area contributed by atoms with Crippen LogP contribution in [-0.2, 0) is 17.6 Å². The fraction of sp³-hybridized carbons (Fsp3) is 0.542. The third-order valence-corrected chi connectivity index (χ3v) is 6.38. The van der Waals surface area contributed by atoms with Gasteiger partial charge in [0.05, 0.1) is 13.2 Å². The topological polar surface area (TPSA) is 58.6 Å². The summed E-state index contributed by atoms with van der Waals surface area (Å²) in [7, 11) is 1.73. The Morgan fingerprint density at radius 1 is 1.20 bits per heavy atom. The van der Waals surface area contributed by atoms with Crippen LogP contribution in [0.15, 0.2) is 24.3 Å². The highest BCUT2D eigenvalue weighted by Gasteiger charge is 2.33. The number of carbonyl (C=O) groups is 1. The van der Waals surface area contributed by atoms with Crippen molar-refractivity contribution in [3.8, 4) is 5.75 Å². The summed E-state index contributed by atoms with van der Waals surface area (Å²) in [6.45, 7) is 6.73. The molecule has 1 saturated heterocycles. The van der Waals surface area contributed by atoms with Crippen molar-refractivity contribution in [1.29, 1.82) is 0 Å². The number of carbonyl (C=O) groups excluding carboxylic acids is 1. The largest absolute Gasteiger partial charge is 0.496 e. The first kappa shape index (κ1) is 20.6. The number of anilines is 1. The lowest BCUT2D eigenvalue weighted by atomic mass is 10.0. The van der Waals surface area contributed by atoms with Crippen molar-refractivity contribution in [1.82, 2.24) is 14.9 Å². The zero-order valence-corrected chi connectivity index (χ0v) is 18.4. The van der Waals surface area contributed by atoms with E-state index in [9.17, 15) is 4.79 Å². The molecule has 0 bridgehead atoms. The van der Waals surface area contributed by atoms with Crippen LogP contribution < -0.4 is 9.64 Å². The van der Waals surface area contributed by atoms with E-state index in [1.165, 1.54) is 11.1 Å². The van der Waals surface area contributed by atoms with Crippen LogP contribution in [0, 0.1) is 6.92 Å². The second-order valence-electron chi connectivity index (χ2n) is 8.22. The monoisotopic (exact) mass is 408 g/mol. The molecule has 0 N–H and O–H groups in total. The Bertz CT molecular complexity index is 914. The van der Waals surface area contributed by atoms with Crippen LogP contribution in [0.2, 0.25) is 0 Å². The van der Waals surface area contributed by atoms with E-state index in [0.29, 0.717) is 6.42 Å². The number of likely N-dealkylation sites (tertiary alicyclic amines) is 1. The zero-order chi connectivity index (χ0) is 21.1. The number of hydrogen-bond acceptors (Lipinski definition) is 5. The number of rotatable bonds is 6. The summed E-state index contributed by atoms with van der Waals surface area (Å²) in [6.07, 6.45) is 5.55. The molecule has 160 valence electrons. The molecule has 2 aliphatic heterocycles. The van der Waals surface area contributed by atoms with Gasteiger partial charge in [-0.1, -0.05) is 25.1 Å². The third-order valence-electron chi connectivity index (χ3n) is 6.38. The van der Waals surface area contributed by atoms with Crippen LogP contribution >= 0.6 is 0 Å². The van der Waals surface area contributed by atoms with Gasteiger partial charge in [0.25, 0.3) is 0 Å². The van der Waals surface area contributed by atoms with Crippen LogP contribution in [0.4, 0.5) is 5.82 Å². The minimum Gasteiger partial charge on any atom is -0.496 e. The second kappa shape index (κ2) is 9.02. The van der Waals surface area contributed by atoms with Gasteiger partial charge in [-0.3, -0.25) is 4.79 Å². The highest BCUT2D eigenvalue weighted by Crippen LogP contribution is 2.34. The highest BCUT2D eigenvalue weighted by atomic mass is 16.5. The Balaban J connectivity index is 1.60. The van der Waals surface area contributed by atoms with Gasteiger partial charge >= 0.3 is 0 Å². The fourth-order valence-electron chi connectivity index (χ4n) is 4.78. The van der Waals surface area contributed by atoms with Crippen molar-refractivity contribution < 1.29 is 9.53 Å². The lowest BCUT2D eigenvalue weighted by Gasteiger charge is -2.32. The molecule has 2 aromatic rings. The normalized spacial score (nSPS) is 18.4. The van der Waals surface area contributed by atoms with Crippen LogP contribution in [0.3, 0.4) is 0 Å². The summed E-state index contributed by atoms with van der Waals surface area (Å²) < 4.78 is 5.52. The van der Waals surface area contributed by atoms with E-state index in [-0.39, 0.29) is 11.9 Å². The van der Waals surface area contributed by atoms with Gasteiger partial charge < -0.3 is 14.5 Å². The van der Waals surface area contributed by atoms with Crippen molar-refractivity contribution in [2.75, 3.05) is 31.6 Å². The number of amides is 1. The molecule has 2 aliphatic rings. The molecular formula is C24H32N4O2. The molecule has 30 heavy (non-hydrogen) atoms. The van der Waals surface area contributed by atoms with Gasteiger partial charge in [-0.15, -0.1) is 0 Å². The highest BCUT2D eigenvalue weighted by molar-refractivity contribution is 5.76. The Labute approximate surface area is 179 Å². The number of nitrogens with zero attached hydrogens (tertiary/aromatic N) is 4. The molecular weight excluding hydrogens is 376 g/mol. The predicted octanol–water partition coefficient (Wildman–Crippen LogP) is 3.86. The van der Waals surface area contributed by atoms with Crippen molar-refractivity contribution in [3.63, 3.8) is 0 Å². The number of aryl methyl sites for hydroxylation is 1. The Kier molecular flexibility index (Phi) is 6.21. The van der Waals surface area contributed by atoms with E-state index in [2.05, 4.69) is 24.0 Å². The zero-order valence-electron chi connectivity index (χ0n) is 18.4. The molecule has 0 aliphatic carbocycles. The number of aromatic nitrogens is 2. The number of fused-ring (bicyclic) bond motifs is 1.